The normalized spacial score (nSPS) is 12.6. The highest BCUT2D eigenvalue weighted by Crippen LogP contribution is 2.33. The molecule has 25 heavy (non-hydrogen) atoms. The number of non-ortho nitro benzene ring substituents is 1. The number of carbonyl (C=O) groups excluding carboxylic acids is 2. The van der Waals surface area contributed by atoms with E-state index < -0.39 is 22.0 Å². The van der Waals surface area contributed by atoms with Crippen molar-refractivity contribution in [2.75, 3.05) is 0 Å². The number of nitro benzene ring substituents is 1. The van der Waals surface area contributed by atoms with Gasteiger partial charge in [-0.25, -0.2) is 0 Å². The minimum atomic E-state index is -0.600. The van der Waals surface area contributed by atoms with E-state index in [0.717, 1.165) is 6.07 Å². The molecule has 9 nitrogen and oxygen atoms in total. The Morgan fingerprint density at radius 3 is 2.40 bits per heavy atom. The molecule has 0 saturated carbocycles. The molecule has 2 aromatic heterocycles. The van der Waals surface area contributed by atoms with Crippen LogP contribution in [0.25, 0.3) is 11.3 Å². The third-order valence-corrected chi connectivity index (χ3v) is 3.87. The second kappa shape index (κ2) is 5.06. The van der Waals surface area contributed by atoms with Crippen molar-refractivity contribution < 1.29 is 19.0 Å². The van der Waals surface area contributed by atoms with E-state index in [1.807, 2.05) is 0 Å². The highest BCUT2D eigenvalue weighted by Gasteiger charge is 2.37. The van der Waals surface area contributed by atoms with Gasteiger partial charge in [-0.05, 0) is 18.2 Å². The van der Waals surface area contributed by atoms with Gasteiger partial charge in [0.05, 0.1) is 10.5 Å². The predicted molar refractivity (Wildman–Crippen MR) is 82.5 cm³/mol. The van der Waals surface area contributed by atoms with E-state index in [2.05, 4.69) is 10.1 Å². The number of aromatic amines is 1. The number of hydrogen-bond acceptors (Lipinski definition) is 7. The monoisotopic (exact) mass is 337 g/mol. The molecule has 0 fully saturated rings. The highest BCUT2D eigenvalue weighted by atomic mass is 16.6. The van der Waals surface area contributed by atoms with E-state index in [9.17, 15) is 24.5 Å². The maximum Gasteiger partial charge on any atom is 0.269 e. The number of fused-ring (bicyclic) bond motifs is 2. The molecule has 0 spiro atoms. The second-order valence-electron chi connectivity index (χ2n) is 5.31. The van der Waals surface area contributed by atoms with Gasteiger partial charge in [0.2, 0.25) is 22.9 Å². The first-order valence-corrected chi connectivity index (χ1v) is 7.04. The first-order valence-electron chi connectivity index (χ1n) is 7.04. The number of pyridine rings is 1. The van der Waals surface area contributed by atoms with Gasteiger partial charge in [-0.3, -0.25) is 24.5 Å². The molecule has 9 heteroatoms. The van der Waals surface area contributed by atoms with Crippen LogP contribution in [0.4, 0.5) is 5.69 Å². The lowest BCUT2D eigenvalue weighted by Gasteiger charge is -2.12. The smallest absolute Gasteiger partial charge is 0.269 e. The second-order valence-corrected chi connectivity index (χ2v) is 5.31. The number of nitro groups is 1. The molecule has 1 aliphatic carbocycles. The van der Waals surface area contributed by atoms with Gasteiger partial charge in [0, 0.05) is 23.8 Å². The van der Waals surface area contributed by atoms with Crippen LogP contribution in [-0.4, -0.2) is 26.6 Å². The fourth-order valence-corrected chi connectivity index (χ4v) is 2.68. The molecule has 122 valence electrons. The maximum absolute atomic E-state index is 12.7. The Morgan fingerprint density at radius 1 is 1.00 bits per heavy atom. The molecular formula is C16H7N3O6. The summed E-state index contributed by atoms with van der Waals surface area (Å²) in [4.78, 5) is 49.2. The standard InChI is InChI=1S/C16H7N3O6/c20-10-6-5-9-13(17-10)15(22)11-12(18-25-16(11)14(9)21)7-1-3-8(4-2-7)19(23)24/h1-6H,(H,17,20). The molecule has 1 aromatic carbocycles. The van der Waals surface area contributed by atoms with Gasteiger partial charge in [-0.2, -0.15) is 0 Å². The van der Waals surface area contributed by atoms with Gasteiger partial charge in [-0.15, -0.1) is 0 Å². The fraction of sp³-hybridized carbons (Fsp3) is 0. The Hall–Kier alpha value is -3.88. The van der Waals surface area contributed by atoms with Crippen molar-refractivity contribution in [1.82, 2.24) is 10.1 Å². The number of nitrogens with zero attached hydrogens (tertiary/aromatic N) is 2. The van der Waals surface area contributed by atoms with Crippen LogP contribution in [0.15, 0.2) is 45.7 Å². The molecule has 0 amide bonds. The highest BCUT2D eigenvalue weighted by molar-refractivity contribution is 6.28. The Balaban J connectivity index is 1.89. The number of carbonyl (C=O) groups is 2. The number of nitrogens with one attached hydrogen (secondary N) is 1. The third-order valence-electron chi connectivity index (χ3n) is 3.87. The molecule has 1 aliphatic rings. The van der Waals surface area contributed by atoms with Crippen LogP contribution >= 0.6 is 0 Å². The van der Waals surface area contributed by atoms with Crippen LogP contribution in [0.2, 0.25) is 0 Å². The Morgan fingerprint density at radius 2 is 1.72 bits per heavy atom. The van der Waals surface area contributed by atoms with Crippen molar-refractivity contribution in [3.8, 4) is 11.3 Å². The van der Waals surface area contributed by atoms with Crippen LogP contribution in [0.3, 0.4) is 0 Å². The lowest BCUT2D eigenvalue weighted by Crippen LogP contribution is -2.24. The molecule has 4 rings (SSSR count). The number of ketones is 2. The zero-order chi connectivity index (χ0) is 17.7. The van der Waals surface area contributed by atoms with Gasteiger partial charge in [0.25, 0.3) is 5.69 Å². The molecule has 0 unspecified atom stereocenters. The van der Waals surface area contributed by atoms with Crippen molar-refractivity contribution in [1.29, 1.82) is 0 Å². The summed E-state index contributed by atoms with van der Waals surface area (Å²) in [5.41, 5.74) is -0.361. The van der Waals surface area contributed by atoms with E-state index in [1.54, 1.807) is 0 Å². The number of rotatable bonds is 2. The third kappa shape index (κ3) is 2.10. The van der Waals surface area contributed by atoms with Crippen LogP contribution in [-0.2, 0) is 0 Å². The minimum Gasteiger partial charge on any atom is -0.351 e. The van der Waals surface area contributed by atoms with Crippen LogP contribution in [0, 0.1) is 10.1 Å². The number of aromatic nitrogens is 2. The summed E-state index contributed by atoms with van der Waals surface area (Å²) in [7, 11) is 0. The Bertz CT molecular complexity index is 1120. The molecule has 0 radical (unpaired) electrons. The number of benzene rings is 1. The molecule has 0 saturated heterocycles. The molecule has 0 bridgehead atoms. The predicted octanol–water partition coefficient (Wildman–Crippen LogP) is 1.71. The molecular weight excluding hydrogens is 330 g/mol. The van der Waals surface area contributed by atoms with Crippen molar-refractivity contribution in [2.45, 2.75) is 0 Å². The van der Waals surface area contributed by atoms with Crippen molar-refractivity contribution in [3.05, 3.63) is 79.4 Å². The zero-order valence-electron chi connectivity index (χ0n) is 12.3. The largest absolute Gasteiger partial charge is 0.351 e. The molecule has 1 N–H and O–H groups in total. The SMILES string of the molecule is O=C1c2ccc(=O)[nH]c2C(=O)c2c(-c3ccc([N+](=O)[O-])cc3)noc21. The Labute approximate surface area is 138 Å². The summed E-state index contributed by atoms with van der Waals surface area (Å²) in [5.74, 6) is -1.39. The summed E-state index contributed by atoms with van der Waals surface area (Å²) >= 11 is 0. The quantitative estimate of drug-likeness (QED) is 0.434. The zero-order valence-corrected chi connectivity index (χ0v) is 12.3. The average Bonchev–Trinajstić information content (AvgIpc) is 3.05. The molecule has 0 atom stereocenters. The van der Waals surface area contributed by atoms with E-state index in [1.165, 1.54) is 30.3 Å². The van der Waals surface area contributed by atoms with E-state index in [4.69, 9.17) is 4.52 Å². The summed E-state index contributed by atoms with van der Waals surface area (Å²) in [6.07, 6.45) is 0. The van der Waals surface area contributed by atoms with Crippen molar-refractivity contribution in [3.63, 3.8) is 0 Å². The van der Waals surface area contributed by atoms with Gasteiger partial charge in [0.1, 0.15) is 17.0 Å². The van der Waals surface area contributed by atoms with Crippen LogP contribution in [0.5, 0.6) is 0 Å². The average molecular weight is 337 g/mol. The van der Waals surface area contributed by atoms with Gasteiger partial charge in [0.15, 0.2) is 0 Å². The van der Waals surface area contributed by atoms with Crippen LogP contribution in [0.1, 0.15) is 32.2 Å². The van der Waals surface area contributed by atoms with E-state index in [-0.39, 0.29) is 34.0 Å². The minimum absolute atomic E-state index is 0.0310. The van der Waals surface area contributed by atoms with Gasteiger partial charge >= 0.3 is 0 Å². The molecule has 0 aliphatic heterocycles. The summed E-state index contributed by atoms with van der Waals surface area (Å²) in [5, 5.41) is 14.5. The van der Waals surface area contributed by atoms with Gasteiger partial charge < -0.3 is 9.51 Å². The first kappa shape index (κ1) is 14.7. The lowest BCUT2D eigenvalue weighted by atomic mass is 9.89. The van der Waals surface area contributed by atoms with Crippen molar-refractivity contribution in [2.24, 2.45) is 0 Å². The summed E-state index contributed by atoms with van der Waals surface area (Å²) < 4.78 is 5.04. The maximum atomic E-state index is 12.7. The first-order chi connectivity index (χ1) is 12.0. The molecule has 3 aromatic rings. The fourth-order valence-electron chi connectivity index (χ4n) is 2.68. The Kier molecular flexibility index (Phi) is 2.98. The lowest BCUT2D eigenvalue weighted by molar-refractivity contribution is -0.384. The van der Waals surface area contributed by atoms with Crippen molar-refractivity contribution >= 4 is 17.3 Å². The van der Waals surface area contributed by atoms with Gasteiger partial charge in [-0.1, -0.05) is 5.16 Å². The van der Waals surface area contributed by atoms with E-state index >= 15 is 0 Å². The molecule has 2 heterocycles. The number of hydrogen-bond donors (Lipinski definition) is 1. The summed E-state index contributed by atoms with van der Waals surface area (Å²) in [6.45, 7) is 0. The van der Waals surface area contributed by atoms with Crippen LogP contribution < -0.4 is 5.56 Å². The number of H-pyrrole nitrogens is 1. The van der Waals surface area contributed by atoms with E-state index in [0.29, 0.717) is 5.56 Å². The topological polar surface area (TPSA) is 136 Å². The summed E-state index contributed by atoms with van der Waals surface area (Å²) in [6, 6.07) is 7.70.